The number of anilines is 1. The largest absolute Gasteiger partial charge is 0.424 e. The number of rotatable bonds is 3. The third kappa shape index (κ3) is 2.61. The van der Waals surface area contributed by atoms with E-state index in [1.165, 1.54) is 12.8 Å². The van der Waals surface area contributed by atoms with Gasteiger partial charge in [0.05, 0.1) is 0 Å². The van der Waals surface area contributed by atoms with Crippen molar-refractivity contribution in [3.63, 3.8) is 0 Å². The van der Waals surface area contributed by atoms with Crippen molar-refractivity contribution in [3.8, 4) is 0 Å². The minimum absolute atomic E-state index is 0.342. The molecule has 0 radical (unpaired) electrons. The van der Waals surface area contributed by atoms with Gasteiger partial charge in [0, 0.05) is 11.9 Å². The molecule has 1 heterocycles. The van der Waals surface area contributed by atoms with E-state index in [0.29, 0.717) is 17.3 Å². The summed E-state index contributed by atoms with van der Waals surface area (Å²) < 4.78 is 5.63. The summed E-state index contributed by atoms with van der Waals surface area (Å²) in [5.74, 6) is 0.635. The van der Waals surface area contributed by atoms with Crippen molar-refractivity contribution in [2.75, 3.05) is 11.9 Å². The highest BCUT2D eigenvalue weighted by Crippen LogP contribution is 2.28. The highest BCUT2D eigenvalue weighted by atomic mass is 35.5. The van der Waals surface area contributed by atoms with E-state index >= 15 is 0 Å². The van der Waals surface area contributed by atoms with E-state index < -0.39 is 0 Å². The molecule has 1 aromatic heterocycles. The van der Waals surface area contributed by atoms with Crippen LogP contribution in [0.1, 0.15) is 25.7 Å². The van der Waals surface area contributed by atoms with Crippen LogP contribution >= 0.6 is 11.6 Å². The van der Waals surface area contributed by atoms with Crippen LogP contribution in [0, 0.1) is 5.92 Å². The van der Waals surface area contributed by atoms with E-state index in [9.17, 15) is 0 Å². The Hall–Kier alpha value is -1.22. The van der Waals surface area contributed by atoms with Gasteiger partial charge < -0.3 is 9.73 Å². The van der Waals surface area contributed by atoms with Gasteiger partial charge in [0.1, 0.15) is 5.52 Å². The van der Waals surface area contributed by atoms with Gasteiger partial charge in [-0.1, -0.05) is 18.6 Å². The minimum Gasteiger partial charge on any atom is -0.424 e. The number of halogens is 1. The fourth-order valence-electron chi connectivity index (χ4n) is 2.59. The topological polar surface area (TPSA) is 38.1 Å². The Morgan fingerprint density at radius 2 is 2.22 bits per heavy atom. The lowest BCUT2D eigenvalue weighted by Crippen LogP contribution is -2.22. The van der Waals surface area contributed by atoms with Crippen molar-refractivity contribution < 1.29 is 4.42 Å². The van der Waals surface area contributed by atoms with E-state index in [-0.39, 0.29) is 0 Å². The molecule has 1 aliphatic rings. The van der Waals surface area contributed by atoms with Gasteiger partial charge in [0.15, 0.2) is 5.58 Å². The molecule has 3 nitrogen and oxygen atoms in total. The van der Waals surface area contributed by atoms with Crippen LogP contribution in [0.3, 0.4) is 0 Å². The molecule has 1 saturated carbocycles. The summed E-state index contributed by atoms with van der Waals surface area (Å²) in [6.07, 6.45) is 4.72. The molecule has 3 rings (SSSR count). The minimum atomic E-state index is 0.342. The first-order chi connectivity index (χ1) is 8.81. The van der Waals surface area contributed by atoms with Crippen molar-refractivity contribution >= 4 is 28.7 Å². The summed E-state index contributed by atoms with van der Waals surface area (Å²) in [5.41, 5.74) is 1.73. The highest BCUT2D eigenvalue weighted by molar-refractivity contribution is 6.20. The molecule has 2 atom stereocenters. The Morgan fingerprint density at radius 1 is 1.33 bits per heavy atom. The van der Waals surface area contributed by atoms with Gasteiger partial charge in [0.25, 0.3) is 6.01 Å². The summed E-state index contributed by atoms with van der Waals surface area (Å²) in [7, 11) is 0. The first-order valence-corrected chi connectivity index (χ1v) is 6.98. The summed E-state index contributed by atoms with van der Waals surface area (Å²) in [6, 6.07) is 8.43. The monoisotopic (exact) mass is 264 g/mol. The third-order valence-corrected chi connectivity index (χ3v) is 3.95. The Morgan fingerprint density at radius 3 is 3.06 bits per heavy atom. The molecule has 2 unspecified atom stereocenters. The average Bonchev–Trinajstić information content (AvgIpc) is 2.79. The van der Waals surface area contributed by atoms with Gasteiger partial charge in [-0.15, -0.1) is 11.6 Å². The lowest BCUT2D eigenvalue weighted by atomic mass is 9.89. The van der Waals surface area contributed by atoms with Gasteiger partial charge in [-0.3, -0.25) is 0 Å². The molecular formula is C14H17ClN2O. The zero-order valence-corrected chi connectivity index (χ0v) is 11.0. The normalized spacial score (nSPS) is 24.3. The number of hydrogen-bond acceptors (Lipinski definition) is 3. The van der Waals surface area contributed by atoms with E-state index in [4.69, 9.17) is 16.0 Å². The second-order valence-electron chi connectivity index (χ2n) is 5.00. The van der Waals surface area contributed by atoms with E-state index in [1.807, 2.05) is 24.3 Å². The van der Waals surface area contributed by atoms with E-state index in [1.54, 1.807) is 0 Å². The molecule has 0 amide bonds. The Balaban J connectivity index is 1.62. The first kappa shape index (κ1) is 11.8. The number of hydrogen-bond donors (Lipinski definition) is 1. The smallest absolute Gasteiger partial charge is 0.295 e. The van der Waals surface area contributed by atoms with Crippen LogP contribution in [-0.4, -0.2) is 16.9 Å². The highest BCUT2D eigenvalue weighted by Gasteiger charge is 2.20. The maximum Gasteiger partial charge on any atom is 0.295 e. The molecule has 18 heavy (non-hydrogen) atoms. The second kappa shape index (κ2) is 5.19. The quantitative estimate of drug-likeness (QED) is 0.851. The van der Waals surface area contributed by atoms with Crippen LogP contribution in [-0.2, 0) is 0 Å². The average molecular weight is 265 g/mol. The van der Waals surface area contributed by atoms with Crippen LogP contribution in [0.2, 0.25) is 0 Å². The fraction of sp³-hybridized carbons (Fsp3) is 0.500. The van der Waals surface area contributed by atoms with Crippen molar-refractivity contribution in [2.45, 2.75) is 31.1 Å². The summed E-state index contributed by atoms with van der Waals surface area (Å²) in [6.45, 7) is 0.899. The molecule has 1 aromatic carbocycles. The van der Waals surface area contributed by atoms with Crippen LogP contribution in [0.25, 0.3) is 11.1 Å². The maximum atomic E-state index is 6.19. The molecule has 1 fully saturated rings. The zero-order valence-electron chi connectivity index (χ0n) is 10.2. The summed E-state index contributed by atoms with van der Waals surface area (Å²) in [4.78, 5) is 4.41. The first-order valence-electron chi connectivity index (χ1n) is 6.55. The molecule has 0 spiro atoms. The Kier molecular flexibility index (Phi) is 3.41. The van der Waals surface area contributed by atoms with Crippen molar-refractivity contribution in [3.05, 3.63) is 24.3 Å². The fourth-order valence-corrected chi connectivity index (χ4v) is 3.00. The number of benzene rings is 1. The van der Waals surface area contributed by atoms with Crippen LogP contribution in [0.4, 0.5) is 6.01 Å². The number of alkyl halides is 1. The molecule has 0 saturated heterocycles. The SMILES string of the molecule is ClC1CCCC(CNc2nc3ccccc3o2)C1. The van der Waals surface area contributed by atoms with Crippen LogP contribution in [0.5, 0.6) is 0 Å². The molecule has 0 bridgehead atoms. The molecular weight excluding hydrogens is 248 g/mol. The van der Waals surface area contributed by atoms with Crippen molar-refractivity contribution in [1.82, 2.24) is 4.98 Å². The molecule has 0 aliphatic heterocycles. The van der Waals surface area contributed by atoms with E-state index in [0.717, 1.165) is 30.5 Å². The number of fused-ring (bicyclic) bond motifs is 1. The number of nitrogens with one attached hydrogen (secondary N) is 1. The molecule has 1 aliphatic carbocycles. The number of para-hydroxylation sites is 2. The zero-order chi connectivity index (χ0) is 12.4. The maximum absolute atomic E-state index is 6.19. The Labute approximate surface area is 112 Å². The summed E-state index contributed by atoms with van der Waals surface area (Å²) in [5, 5.41) is 3.63. The van der Waals surface area contributed by atoms with Crippen molar-refractivity contribution in [2.24, 2.45) is 5.92 Å². The van der Waals surface area contributed by atoms with Crippen molar-refractivity contribution in [1.29, 1.82) is 0 Å². The molecule has 2 aromatic rings. The predicted octanol–water partition coefficient (Wildman–Crippen LogP) is 4.04. The van der Waals surface area contributed by atoms with E-state index in [2.05, 4.69) is 10.3 Å². The molecule has 4 heteroatoms. The molecule has 1 N–H and O–H groups in total. The van der Waals surface area contributed by atoms with Gasteiger partial charge in [-0.2, -0.15) is 4.98 Å². The Bertz CT molecular complexity index is 492. The van der Waals surface area contributed by atoms with Gasteiger partial charge in [-0.25, -0.2) is 0 Å². The number of nitrogens with zero attached hydrogens (tertiary/aromatic N) is 1. The number of oxazole rings is 1. The van der Waals surface area contributed by atoms with Gasteiger partial charge >= 0.3 is 0 Å². The third-order valence-electron chi connectivity index (χ3n) is 3.55. The molecule has 96 valence electrons. The van der Waals surface area contributed by atoms with Gasteiger partial charge in [-0.05, 0) is 37.3 Å². The van der Waals surface area contributed by atoms with Crippen LogP contribution in [0.15, 0.2) is 28.7 Å². The lowest BCUT2D eigenvalue weighted by Gasteiger charge is -2.25. The summed E-state index contributed by atoms with van der Waals surface area (Å²) >= 11 is 6.19. The standard InChI is InChI=1S/C14H17ClN2O/c15-11-5-3-4-10(8-11)9-16-14-17-12-6-1-2-7-13(12)18-14/h1-2,6-7,10-11H,3-5,8-9H2,(H,16,17). The lowest BCUT2D eigenvalue weighted by molar-refractivity contribution is 0.376. The van der Waals surface area contributed by atoms with Gasteiger partial charge in [0.2, 0.25) is 0 Å². The second-order valence-corrected chi connectivity index (χ2v) is 5.61. The van der Waals surface area contributed by atoms with Crippen LogP contribution < -0.4 is 5.32 Å². The predicted molar refractivity (Wildman–Crippen MR) is 74.1 cm³/mol. The number of aromatic nitrogens is 1.